The van der Waals surface area contributed by atoms with Crippen LogP contribution in [0.5, 0.6) is 0 Å². The predicted molar refractivity (Wildman–Crippen MR) is 94.8 cm³/mol. The summed E-state index contributed by atoms with van der Waals surface area (Å²) in [6.07, 6.45) is -0.289. The summed E-state index contributed by atoms with van der Waals surface area (Å²) in [4.78, 5) is 23.6. The Morgan fingerprint density at radius 3 is 2.56 bits per heavy atom. The molecule has 0 saturated heterocycles. The third-order valence-corrected chi connectivity index (χ3v) is 5.00. The number of amides is 1. The summed E-state index contributed by atoms with van der Waals surface area (Å²) in [5, 5.41) is 2.40. The van der Waals surface area contributed by atoms with Crippen molar-refractivity contribution in [2.45, 2.75) is 24.8 Å². The van der Waals surface area contributed by atoms with Crippen molar-refractivity contribution in [1.29, 1.82) is 0 Å². The Morgan fingerprint density at radius 2 is 1.96 bits per heavy atom. The summed E-state index contributed by atoms with van der Waals surface area (Å²) in [5.74, 6) is -1.17. The Bertz CT molecular complexity index is 721. The van der Waals surface area contributed by atoms with E-state index in [0.717, 1.165) is 0 Å². The Kier molecular flexibility index (Phi) is 8.50. The maximum Gasteiger partial charge on any atom is 0.325 e. The standard InChI is InChI=1S/C15H21BrN2O6S/c1-10(2)24-14(19)9-17-15(20)12-8-11(4-5-13(12)16)25(21,22)18-6-7-23-3/h4-5,8,10,18H,6-7,9H2,1-3H3,(H,17,20). The van der Waals surface area contributed by atoms with Crippen LogP contribution in [0.3, 0.4) is 0 Å². The zero-order chi connectivity index (χ0) is 19.0. The average Bonchev–Trinajstić information content (AvgIpc) is 2.52. The summed E-state index contributed by atoms with van der Waals surface area (Å²) in [6.45, 7) is 3.41. The largest absolute Gasteiger partial charge is 0.462 e. The molecule has 10 heteroatoms. The van der Waals surface area contributed by atoms with E-state index in [1.807, 2.05) is 0 Å². The molecule has 0 radical (unpaired) electrons. The second-order valence-electron chi connectivity index (χ2n) is 5.25. The minimum Gasteiger partial charge on any atom is -0.462 e. The van der Waals surface area contributed by atoms with Crippen molar-refractivity contribution in [3.8, 4) is 0 Å². The van der Waals surface area contributed by atoms with E-state index in [1.54, 1.807) is 13.8 Å². The van der Waals surface area contributed by atoms with Gasteiger partial charge < -0.3 is 14.8 Å². The molecule has 0 spiro atoms. The van der Waals surface area contributed by atoms with Crippen molar-refractivity contribution in [3.05, 3.63) is 28.2 Å². The summed E-state index contributed by atoms with van der Waals surface area (Å²) in [5.41, 5.74) is 0.0898. The van der Waals surface area contributed by atoms with Crippen LogP contribution in [0, 0.1) is 0 Å². The minimum atomic E-state index is -3.77. The number of hydrogen-bond acceptors (Lipinski definition) is 6. The molecule has 8 nitrogen and oxygen atoms in total. The molecule has 25 heavy (non-hydrogen) atoms. The van der Waals surface area contributed by atoms with E-state index in [4.69, 9.17) is 9.47 Å². The Hall–Kier alpha value is -1.49. The first-order valence-electron chi connectivity index (χ1n) is 7.43. The zero-order valence-electron chi connectivity index (χ0n) is 14.2. The molecule has 0 atom stereocenters. The molecule has 1 rings (SSSR count). The van der Waals surface area contributed by atoms with Gasteiger partial charge in [0.05, 0.1) is 23.2 Å². The quantitative estimate of drug-likeness (QED) is 0.442. The number of esters is 1. The Morgan fingerprint density at radius 1 is 1.28 bits per heavy atom. The van der Waals surface area contributed by atoms with Crippen LogP contribution in [0.15, 0.2) is 27.6 Å². The van der Waals surface area contributed by atoms with E-state index in [1.165, 1.54) is 25.3 Å². The zero-order valence-corrected chi connectivity index (χ0v) is 16.6. The lowest BCUT2D eigenvalue weighted by Crippen LogP contribution is -2.32. The number of rotatable bonds is 9. The minimum absolute atomic E-state index is 0.0679. The molecule has 0 aliphatic rings. The lowest BCUT2D eigenvalue weighted by Gasteiger charge is -2.11. The number of ether oxygens (including phenoxy) is 2. The fraction of sp³-hybridized carbons (Fsp3) is 0.467. The van der Waals surface area contributed by atoms with E-state index in [9.17, 15) is 18.0 Å². The molecular weight excluding hydrogens is 416 g/mol. The van der Waals surface area contributed by atoms with Gasteiger partial charge in [-0.15, -0.1) is 0 Å². The van der Waals surface area contributed by atoms with Crippen molar-refractivity contribution in [1.82, 2.24) is 10.0 Å². The maximum absolute atomic E-state index is 12.2. The molecule has 0 heterocycles. The second-order valence-corrected chi connectivity index (χ2v) is 7.87. The third-order valence-electron chi connectivity index (χ3n) is 2.85. The molecule has 1 aromatic rings. The van der Waals surface area contributed by atoms with Crippen LogP contribution in [-0.2, 0) is 24.3 Å². The van der Waals surface area contributed by atoms with Crippen molar-refractivity contribution >= 4 is 37.8 Å². The van der Waals surface area contributed by atoms with E-state index >= 15 is 0 Å². The predicted octanol–water partition coefficient (Wildman–Crippen LogP) is 1.06. The number of nitrogens with one attached hydrogen (secondary N) is 2. The van der Waals surface area contributed by atoms with Gasteiger partial charge in [0, 0.05) is 18.1 Å². The SMILES string of the molecule is COCCNS(=O)(=O)c1ccc(Br)c(C(=O)NCC(=O)OC(C)C)c1. The fourth-order valence-corrected chi connectivity index (χ4v) is 3.22. The summed E-state index contributed by atoms with van der Waals surface area (Å²) in [6, 6.07) is 4.04. The summed E-state index contributed by atoms with van der Waals surface area (Å²) < 4.78 is 36.9. The molecule has 2 N–H and O–H groups in total. The van der Waals surface area contributed by atoms with Crippen LogP contribution in [0.1, 0.15) is 24.2 Å². The molecule has 0 unspecified atom stereocenters. The average molecular weight is 437 g/mol. The first-order chi connectivity index (χ1) is 11.7. The second kappa shape index (κ2) is 9.85. The van der Waals surface area contributed by atoms with E-state index in [-0.39, 0.29) is 36.3 Å². The summed E-state index contributed by atoms with van der Waals surface area (Å²) in [7, 11) is -2.32. The van der Waals surface area contributed by atoms with Crippen LogP contribution < -0.4 is 10.0 Å². The van der Waals surface area contributed by atoms with Gasteiger partial charge in [0.15, 0.2) is 0 Å². The van der Waals surface area contributed by atoms with Crippen molar-refractivity contribution < 1.29 is 27.5 Å². The van der Waals surface area contributed by atoms with Gasteiger partial charge in [0.25, 0.3) is 5.91 Å². The van der Waals surface area contributed by atoms with Crippen molar-refractivity contribution in [3.63, 3.8) is 0 Å². The molecule has 1 aromatic carbocycles. The van der Waals surface area contributed by atoms with E-state index < -0.39 is 21.9 Å². The smallest absolute Gasteiger partial charge is 0.325 e. The van der Waals surface area contributed by atoms with Crippen LogP contribution in [0.4, 0.5) is 0 Å². The lowest BCUT2D eigenvalue weighted by atomic mass is 10.2. The number of halogens is 1. The number of benzene rings is 1. The number of carbonyl (C=O) groups excluding carboxylic acids is 2. The highest BCUT2D eigenvalue weighted by atomic mass is 79.9. The Balaban J connectivity index is 2.86. The van der Waals surface area contributed by atoms with Gasteiger partial charge >= 0.3 is 5.97 Å². The van der Waals surface area contributed by atoms with Gasteiger partial charge in [-0.2, -0.15) is 0 Å². The van der Waals surface area contributed by atoms with E-state index in [0.29, 0.717) is 4.47 Å². The highest BCUT2D eigenvalue weighted by Gasteiger charge is 2.19. The number of carbonyl (C=O) groups is 2. The molecular formula is C15H21BrN2O6S. The van der Waals surface area contributed by atoms with Crippen LogP contribution in [0.25, 0.3) is 0 Å². The van der Waals surface area contributed by atoms with Gasteiger partial charge in [-0.1, -0.05) is 0 Å². The maximum atomic E-state index is 12.2. The van der Waals surface area contributed by atoms with E-state index in [2.05, 4.69) is 26.0 Å². The first-order valence-corrected chi connectivity index (χ1v) is 9.71. The highest BCUT2D eigenvalue weighted by Crippen LogP contribution is 2.21. The number of methoxy groups -OCH3 is 1. The fourth-order valence-electron chi connectivity index (χ4n) is 1.76. The van der Waals surface area contributed by atoms with Gasteiger partial charge in [-0.05, 0) is 48.0 Å². The van der Waals surface area contributed by atoms with Crippen molar-refractivity contribution in [2.75, 3.05) is 26.8 Å². The monoisotopic (exact) mass is 436 g/mol. The molecule has 0 aliphatic carbocycles. The Labute approximate surface area is 155 Å². The molecule has 0 aromatic heterocycles. The number of sulfonamides is 1. The number of hydrogen-bond donors (Lipinski definition) is 2. The van der Waals surface area contributed by atoms with Gasteiger partial charge in [-0.25, -0.2) is 13.1 Å². The molecule has 140 valence electrons. The highest BCUT2D eigenvalue weighted by molar-refractivity contribution is 9.10. The molecule has 0 fully saturated rings. The van der Waals surface area contributed by atoms with Gasteiger partial charge in [0.2, 0.25) is 10.0 Å². The summed E-state index contributed by atoms with van der Waals surface area (Å²) >= 11 is 3.20. The molecule has 0 saturated carbocycles. The molecule has 0 bridgehead atoms. The van der Waals surface area contributed by atoms with Crippen LogP contribution in [-0.4, -0.2) is 53.2 Å². The van der Waals surface area contributed by atoms with Crippen molar-refractivity contribution in [2.24, 2.45) is 0 Å². The topological polar surface area (TPSA) is 111 Å². The molecule has 0 aliphatic heterocycles. The van der Waals surface area contributed by atoms with Crippen LogP contribution >= 0.6 is 15.9 Å². The first kappa shape index (κ1) is 21.6. The lowest BCUT2D eigenvalue weighted by molar-refractivity contribution is -0.146. The normalized spacial score (nSPS) is 11.4. The van der Waals surface area contributed by atoms with Gasteiger partial charge in [-0.3, -0.25) is 9.59 Å². The van der Waals surface area contributed by atoms with Crippen LogP contribution in [0.2, 0.25) is 0 Å². The van der Waals surface area contributed by atoms with Gasteiger partial charge in [0.1, 0.15) is 6.54 Å². The third kappa shape index (κ3) is 7.10. The molecule has 1 amide bonds.